The van der Waals surface area contributed by atoms with Gasteiger partial charge in [0.2, 0.25) is 0 Å². The number of nitrogen functional groups attached to an aromatic ring is 1. The Balaban J connectivity index is 2.69. The lowest BCUT2D eigenvalue weighted by molar-refractivity contribution is 1.06. The van der Waals surface area contributed by atoms with E-state index in [9.17, 15) is 0 Å². The fourth-order valence-electron chi connectivity index (χ4n) is 1.51. The largest absolute Gasteiger partial charge is 0.382 e. The Labute approximate surface area is 110 Å². The van der Waals surface area contributed by atoms with Gasteiger partial charge in [-0.3, -0.25) is 0 Å². The van der Waals surface area contributed by atoms with Crippen LogP contribution in [0.25, 0.3) is 11.3 Å². The van der Waals surface area contributed by atoms with Gasteiger partial charge in [-0.2, -0.15) is 0 Å². The third-order valence-corrected chi connectivity index (χ3v) is 3.36. The molecule has 0 spiro atoms. The summed E-state index contributed by atoms with van der Waals surface area (Å²) in [7, 11) is 0. The van der Waals surface area contributed by atoms with Crippen molar-refractivity contribution in [3.8, 4) is 11.3 Å². The molecule has 0 aliphatic rings. The van der Waals surface area contributed by atoms with Crippen molar-refractivity contribution in [2.24, 2.45) is 0 Å². The zero-order valence-corrected chi connectivity index (χ0v) is 11.0. The molecule has 1 aromatic heterocycles. The second-order valence-corrected chi connectivity index (χ2v) is 4.51. The van der Waals surface area contributed by atoms with Gasteiger partial charge in [0.1, 0.15) is 11.5 Å². The molecule has 5 heteroatoms. The van der Waals surface area contributed by atoms with Gasteiger partial charge in [-0.15, -0.1) is 0 Å². The van der Waals surface area contributed by atoms with E-state index in [4.69, 9.17) is 28.9 Å². The molecule has 0 aliphatic carbocycles. The molecule has 3 nitrogen and oxygen atoms in total. The number of aryl methyl sites for hydroxylation is 2. The zero-order chi connectivity index (χ0) is 12.6. The number of rotatable bonds is 1. The van der Waals surface area contributed by atoms with Crippen molar-refractivity contribution in [1.29, 1.82) is 0 Å². The summed E-state index contributed by atoms with van der Waals surface area (Å²) in [6.45, 7) is 3.74. The van der Waals surface area contributed by atoms with Crippen LogP contribution in [0.5, 0.6) is 0 Å². The van der Waals surface area contributed by atoms with Gasteiger partial charge in [0, 0.05) is 5.56 Å². The number of nitrogens with zero attached hydrogens (tertiary/aromatic N) is 2. The molecule has 88 valence electrons. The second kappa shape index (κ2) is 4.51. The number of hydrogen-bond donors (Lipinski definition) is 1. The molecule has 2 aromatic rings. The molecule has 0 unspecified atom stereocenters. The Morgan fingerprint density at radius 2 is 1.71 bits per heavy atom. The minimum Gasteiger partial charge on any atom is -0.382 e. The van der Waals surface area contributed by atoms with Gasteiger partial charge in [-0.1, -0.05) is 35.3 Å². The molecule has 0 saturated carbocycles. The van der Waals surface area contributed by atoms with E-state index in [0.717, 1.165) is 11.4 Å². The smallest absolute Gasteiger partial charge is 0.150 e. The fourth-order valence-corrected chi connectivity index (χ4v) is 1.90. The minimum absolute atomic E-state index is 0.359. The number of nitrogens with two attached hydrogens (primary N) is 1. The molecule has 0 amide bonds. The van der Waals surface area contributed by atoms with Crippen LogP contribution >= 0.6 is 23.2 Å². The summed E-state index contributed by atoms with van der Waals surface area (Å²) < 4.78 is 0. The maximum absolute atomic E-state index is 6.14. The van der Waals surface area contributed by atoms with E-state index in [0.29, 0.717) is 27.1 Å². The molecule has 0 fully saturated rings. The van der Waals surface area contributed by atoms with Crippen LogP contribution in [0.3, 0.4) is 0 Å². The van der Waals surface area contributed by atoms with Gasteiger partial charge >= 0.3 is 0 Å². The number of benzene rings is 1. The summed E-state index contributed by atoms with van der Waals surface area (Å²) in [5, 5.41) is 0.919. The van der Waals surface area contributed by atoms with Crippen LogP contribution in [0, 0.1) is 13.8 Å². The van der Waals surface area contributed by atoms with E-state index in [-0.39, 0.29) is 0 Å². The Bertz CT molecular complexity index is 582. The average molecular weight is 268 g/mol. The van der Waals surface area contributed by atoms with Crippen molar-refractivity contribution in [3.63, 3.8) is 0 Å². The van der Waals surface area contributed by atoms with Gasteiger partial charge in [0.25, 0.3) is 0 Å². The quantitative estimate of drug-likeness (QED) is 0.858. The molecule has 1 heterocycles. The van der Waals surface area contributed by atoms with E-state index >= 15 is 0 Å². The molecule has 0 saturated heterocycles. The molecule has 2 rings (SSSR count). The zero-order valence-electron chi connectivity index (χ0n) is 9.46. The SMILES string of the molecule is Cc1nc(N)c(-c2cccc(Cl)c2Cl)nc1C. The van der Waals surface area contributed by atoms with Crippen molar-refractivity contribution in [2.45, 2.75) is 13.8 Å². The number of hydrogen-bond acceptors (Lipinski definition) is 3. The van der Waals surface area contributed by atoms with Crippen molar-refractivity contribution in [2.75, 3.05) is 5.73 Å². The molecule has 17 heavy (non-hydrogen) atoms. The molecular formula is C12H11Cl2N3. The van der Waals surface area contributed by atoms with Crippen molar-refractivity contribution < 1.29 is 0 Å². The lowest BCUT2D eigenvalue weighted by atomic mass is 10.1. The highest BCUT2D eigenvalue weighted by Crippen LogP contribution is 2.34. The van der Waals surface area contributed by atoms with Crippen LogP contribution in [0.2, 0.25) is 10.0 Å². The predicted octanol–water partition coefficient (Wildman–Crippen LogP) is 3.65. The highest BCUT2D eigenvalue weighted by atomic mass is 35.5. The van der Waals surface area contributed by atoms with Crippen LogP contribution in [0.1, 0.15) is 11.4 Å². The number of aromatic nitrogens is 2. The van der Waals surface area contributed by atoms with Gasteiger partial charge < -0.3 is 5.73 Å². The molecule has 2 N–H and O–H groups in total. The Morgan fingerprint density at radius 3 is 2.41 bits per heavy atom. The molecule has 0 radical (unpaired) electrons. The molecule has 0 atom stereocenters. The van der Waals surface area contributed by atoms with Gasteiger partial charge in [-0.25, -0.2) is 9.97 Å². The third kappa shape index (κ3) is 2.21. The Hall–Kier alpha value is -1.32. The first-order chi connectivity index (χ1) is 8.00. The fraction of sp³-hybridized carbons (Fsp3) is 0.167. The maximum atomic E-state index is 6.14. The summed E-state index contributed by atoms with van der Waals surface area (Å²) in [5.41, 5.74) is 8.77. The average Bonchev–Trinajstić information content (AvgIpc) is 2.28. The standard InChI is InChI=1S/C12H11Cl2N3/c1-6-7(2)17-12(15)11(16-6)8-4-3-5-9(13)10(8)14/h3-5H,1-2H3,(H2,15,17). The Morgan fingerprint density at radius 1 is 1.06 bits per heavy atom. The lowest BCUT2D eigenvalue weighted by Crippen LogP contribution is -2.02. The second-order valence-electron chi connectivity index (χ2n) is 3.73. The molecule has 0 aliphatic heterocycles. The van der Waals surface area contributed by atoms with Crippen LogP contribution in [0.15, 0.2) is 18.2 Å². The van der Waals surface area contributed by atoms with Crippen molar-refractivity contribution >= 4 is 29.0 Å². The van der Waals surface area contributed by atoms with Gasteiger partial charge in [-0.05, 0) is 19.9 Å². The van der Waals surface area contributed by atoms with Gasteiger partial charge in [0.15, 0.2) is 0 Å². The first kappa shape index (κ1) is 12.1. The van der Waals surface area contributed by atoms with Crippen molar-refractivity contribution in [1.82, 2.24) is 9.97 Å². The Kier molecular flexibility index (Phi) is 3.22. The van der Waals surface area contributed by atoms with Crippen molar-refractivity contribution in [3.05, 3.63) is 39.6 Å². The maximum Gasteiger partial charge on any atom is 0.150 e. The summed E-state index contributed by atoms with van der Waals surface area (Å²) in [6.07, 6.45) is 0. The van der Waals surface area contributed by atoms with E-state index in [1.807, 2.05) is 19.9 Å². The van der Waals surface area contributed by atoms with Crippen LogP contribution in [-0.4, -0.2) is 9.97 Å². The lowest BCUT2D eigenvalue weighted by Gasteiger charge is -2.09. The summed E-state index contributed by atoms with van der Waals surface area (Å²) in [6, 6.07) is 5.35. The molecule has 0 bridgehead atoms. The number of anilines is 1. The first-order valence-electron chi connectivity index (χ1n) is 5.06. The summed E-state index contributed by atoms with van der Waals surface area (Å²) in [4.78, 5) is 8.65. The van der Waals surface area contributed by atoms with E-state index in [1.165, 1.54) is 0 Å². The van der Waals surface area contributed by atoms with Crippen LogP contribution < -0.4 is 5.73 Å². The molecular weight excluding hydrogens is 257 g/mol. The monoisotopic (exact) mass is 267 g/mol. The predicted molar refractivity (Wildman–Crippen MR) is 71.4 cm³/mol. The first-order valence-corrected chi connectivity index (χ1v) is 5.81. The normalized spacial score (nSPS) is 10.6. The van der Waals surface area contributed by atoms with Crippen LogP contribution in [-0.2, 0) is 0 Å². The summed E-state index contributed by atoms with van der Waals surface area (Å²) in [5.74, 6) is 0.359. The van der Waals surface area contributed by atoms with Gasteiger partial charge in [0.05, 0.1) is 21.4 Å². The van der Waals surface area contributed by atoms with E-state index < -0.39 is 0 Å². The van der Waals surface area contributed by atoms with E-state index in [1.54, 1.807) is 12.1 Å². The summed E-state index contributed by atoms with van der Waals surface area (Å²) >= 11 is 12.1. The highest BCUT2D eigenvalue weighted by Gasteiger charge is 2.13. The highest BCUT2D eigenvalue weighted by molar-refractivity contribution is 6.43. The number of halogens is 2. The van der Waals surface area contributed by atoms with E-state index in [2.05, 4.69) is 9.97 Å². The third-order valence-electron chi connectivity index (χ3n) is 2.54. The molecule has 1 aromatic carbocycles. The topological polar surface area (TPSA) is 51.8 Å². The minimum atomic E-state index is 0.359. The van der Waals surface area contributed by atoms with Crippen LogP contribution in [0.4, 0.5) is 5.82 Å².